The lowest BCUT2D eigenvalue weighted by atomic mass is 10.4. The van der Waals surface area contributed by atoms with Crippen LogP contribution in [0.5, 0.6) is 5.75 Å². The Kier molecular flexibility index (Phi) is 3.60. The molecule has 0 amide bonds. The molecule has 0 saturated heterocycles. The van der Waals surface area contributed by atoms with E-state index in [9.17, 15) is 18.3 Å². The molecule has 2 rings (SSSR count). The number of aromatic nitrogens is 1. The summed E-state index contributed by atoms with van der Waals surface area (Å²) in [5.74, 6) is -0.965. The van der Waals surface area contributed by atoms with Crippen molar-refractivity contribution in [2.75, 3.05) is 0 Å². The van der Waals surface area contributed by atoms with Crippen molar-refractivity contribution in [1.82, 2.24) is 4.57 Å². The van der Waals surface area contributed by atoms with E-state index in [4.69, 9.17) is 0 Å². The summed E-state index contributed by atoms with van der Waals surface area (Å²) in [6.07, 6.45) is 1.32. The van der Waals surface area contributed by atoms with Gasteiger partial charge in [-0.1, -0.05) is 0 Å². The summed E-state index contributed by atoms with van der Waals surface area (Å²) >= 11 is 4.26. The Hall–Kier alpha value is -1.12. The first kappa shape index (κ1) is 13.3. The second-order valence-corrected chi connectivity index (χ2v) is 8.12. The van der Waals surface area contributed by atoms with Gasteiger partial charge >= 0.3 is 0 Å². The molecule has 96 valence electrons. The van der Waals surface area contributed by atoms with Gasteiger partial charge in [-0.2, -0.15) is 0 Å². The molecule has 2 aromatic rings. The highest BCUT2D eigenvalue weighted by atomic mass is 79.9. The molecule has 0 aliphatic rings. The van der Waals surface area contributed by atoms with E-state index < -0.39 is 27.0 Å². The Morgan fingerprint density at radius 1 is 1.33 bits per heavy atom. The van der Waals surface area contributed by atoms with Crippen LogP contribution < -0.4 is 5.56 Å². The van der Waals surface area contributed by atoms with Crippen LogP contribution in [0.25, 0.3) is 0 Å². The van der Waals surface area contributed by atoms with Crippen LogP contribution in [0.15, 0.2) is 43.3 Å². The summed E-state index contributed by atoms with van der Waals surface area (Å²) in [7, 11) is -3.59. The molecule has 0 radical (unpaired) electrons. The van der Waals surface area contributed by atoms with Crippen molar-refractivity contribution < 1.29 is 13.5 Å². The predicted molar refractivity (Wildman–Crippen MR) is 71.6 cm³/mol. The number of halogens is 1. The van der Waals surface area contributed by atoms with E-state index in [1.807, 2.05) is 0 Å². The first-order valence-corrected chi connectivity index (χ1v) is 8.03. The Bertz CT molecular complexity index is 732. The maximum atomic E-state index is 12.0. The zero-order valence-corrected chi connectivity index (χ0v) is 12.1. The van der Waals surface area contributed by atoms with Crippen LogP contribution in [-0.2, 0) is 15.7 Å². The van der Waals surface area contributed by atoms with E-state index in [0.29, 0.717) is 3.79 Å². The molecule has 8 heteroatoms. The fourth-order valence-electron chi connectivity index (χ4n) is 1.34. The molecule has 0 bridgehead atoms. The van der Waals surface area contributed by atoms with Crippen molar-refractivity contribution in [2.24, 2.45) is 0 Å². The van der Waals surface area contributed by atoms with Crippen molar-refractivity contribution in [3.63, 3.8) is 0 Å². The van der Waals surface area contributed by atoms with Crippen molar-refractivity contribution >= 4 is 37.1 Å². The Balaban J connectivity index is 2.40. The maximum absolute atomic E-state index is 12.0. The molecular formula is C10H8BrNO4S2. The summed E-state index contributed by atoms with van der Waals surface area (Å²) in [4.78, 5) is 11.5. The zero-order chi connectivity index (χ0) is 13.3. The average Bonchev–Trinajstić information content (AvgIpc) is 2.72. The molecule has 0 saturated carbocycles. The number of hydrogen-bond donors (Lipinski definition) is 1. The van der Waals surface area contributed by atoms with E-state index >= 15 is 0 Å². The van der Waals surface area contributed by atoms with Gasteiger partial charge in [0.25, 0.3) is 5.56 Å². The quantitative estimate of drug-likeness (QED) is 0.916. The van der Waals surface area contributed by atoms with Crippen molar-refractivity contribution in [2.45, 2.75) is 10.1 Å². The summed E-state index contributed by atoms with van der Waals surface area (Å²) in [5.41, 5.74) is -0.725. The van der Waals surface area contributed by atoms with E-state index in [1.165, 1.54) is 24.4 Å². The largest absolute Gasteiger partial charge is 0.503 e. The molecule has 0 spiro atoms. The average molecular weight is 350 g/mol. The standard InChI is InChI=1S/C10H8BrNO4S2/c11-8-3-4-9(17-8)18(15,16)6-12-5-1-2-7(13)10(12)14/h1-5,13H,6H2. The number of thiophene rings is 1. The third-order valence-electron chi connectivity index (χ3n) is 2.16. The van der Waals surface area contributed by atoms with Gasteiger partial charge in [-0.05, 0) is 40.2 Å². The molecule has 1 N–H and O–H groups in total. The van der Waals surface area contributed by atoms with Crippen LogP contribution in [0.2, 0.25) is 0 Å². The minimum Gasteiger partial charge on any atom is -0.503 e. The van der Waals surface area contributed by atoms with Gasteiger partial charge < -0.3 is 5.11 Å². The molecule has 0 aliphatic carbocycles. The lowest BCUT2D eigenvalue weighted by Crippen LogP contribution is -2.22. The number of hydrogen-bond acceptors (Lipinski definition) is 5. The fraction of sp³-hybridized carbons (Fsp3) is 0.100. The number of pyridine rings is 1. The molecule has 18 heavy (non-hydrogen) atoms. The van der Waals surface area contributed by atoms with Gasteiger partial charge in [0.05, 0.1) is 3.79 Å². The highest BCUT2D eigenvalue weighted by Crippen LogP contribution is 2.27. The second-order valence-electron chi connectivity index (χ2n) is 3.47. The van der Waals surface area contributed by atoms with Crippen LogP contribution in [0.3, 0.4) is 0 Å². The Labute approximate surface area is 115 Å². The van der Waals surface area contributed by atoms with Gasteiger partial charge in [0.15, 0.2) is 5.75 Å². The summed E-state index contributed by atoms with van der Waals surface area (Å²) in [6.45, 7) is 0. The molecule has 5 nitrogen and oxygen atoms in total. The zero-order valence-electron chi connectivity index (χ0n) is 8.91. The van der Waals surface area contributed by atoms with E-state index in [1.54, 1.807) is 6.07 Å². The van der Waals surface area contributed by atoms with Crippen molar-refractivity contribution in [3.8, 4) is 5.75 Å². The minimum absolute atomic E-state index is 0.171. The van der Waals surface area contributed by atoms with E-state index in [0.717, 1.165) is 15.9 Å². The number of aromatic hydroxyl groups is 1. The third-order valence-corrected chi connectivity index (χ3v) is 5.96. The highest BCUT2D eigenvalue weighted by Gasteiger charge is 2.18. The van der Waals surface area contributed by atoms with Crippen LogP contribution >= 0.6 is 27.3 Å². The number of sulfone groups is 1. The van der Waals surface area contributed by atoms with Crippen molar-refractivity contribution in [1.29, 1.82) is 0 Å². The Morgan fingerprint density at radius 2 is 2.06 bits per heavy atom. The summed E-state index contributed by atoms with van der Waals surface area (Å²) in [5, 5.41) is 9.24. The summed E-state index contributed by atoms with van der Waals surface area (Å²) in [6, 6.07) is 5.73. The normalized spacial score (nSPS) is 11.6. The van der Waals surface area contributed by atoms with Crippen LogP contribution in [0, 0.1) is 0 Å². The smallest absolute Gasteiger partial charge is 0.293 e. The predicted octanol–water partition coefficient (Wildman–Crippen LogP) is 1.81. The Morgan fingerprint density at radius 3 is 2.67 bits per heavy atom. The number of rotatable bonds is 3. The van der Waals surface area contributed by atoms with Gasteiger partial charge in [-0.3, -0.25) is 9.36 Å². The van der Waals surface area contributed by atoms with Crippen LogP contribution in [0.4, 0.5) is 0 Å². The molecule has 0 atom stereocenters. The molecule has 0 fully saturated rings. The lowest BCUT2D eigenvalue weighted by Gasteiger charge is -2.05. The molecule has 2 heterocycles. The lowest BCUT2D eigenvalue weighted by molar-refractivity contribution is 0.460. The van der Waals surface area contributed by atoms with Crippen molar-refractivity contribution in [3.05, 3.63) is 44.6 Å². The third kappa shape index (κ3) is 2.65. The van der Waals surface area contributed by atoms with Gasteiger partial charge in [0.2, 0.25) is 9.84 Å². The fourth-order valence-corrected chi connectivity index (χ4v) is 4.69. The first-order chi connectivity index (χ1) is 8.40. The van der Waals surface area contributed by atoms with Gasteiger partial charge in [0, 0.05) is 6.20 Å². The minimum atomic E-state index is -3.59. The molecule has 2 aromatic heterocycles. The monoisotopic (exact) mass is 349 g/mol. The molecule has 0 aromatic carbocycles. The van der Waals surface area contributed by atoms with Gasteiger partial charge in [0.1, 0.15) is 10.1 Å². The number of nitrogens with zero attached hydrogens (tertiary/aromatic N) is 1. The van der Waals surface area contributed by atoms with Crippen LogP contribution in [0.1, 0.15) is 0 Å². The maximum Gasteiger partial charge on any atom is 0.293 e. The molecule has 0 unspecified atom stereocenters. The topological polar surface area (TPSA) is 76.4 Å². The van der Waals surface area contributed by atoms with E-state index in [2.05, 4.69) is 15.9 Å². The van der Waals surface area contributed by atoms with Gasteiger partial charge in [-0.25, -0.2) is 8.42 Å². The molecular weight excluding hydrogens is 342 g/mol. The first-order valence-electron chi connectivity index (χ1n) is 4.77. The molecule has 0 aliphatic heterocycles. The highest BCUT2D eigenvalue weighted by molar-refractivity contribution is 9.11. The van der Waals surface area contributed by atoms with E-state index in [-0.39, 0.29) is 4.21 Å². The second kappa shape index (κ2) is 4.87. The van der Waals surface area contributed by atoms with Gasteiger partial charge in [-0.15, -0.1) is 11.3 Å². The SMILES string of the molecule is O=c1c(O)cccn1CS(=O)(=O)c1ccc(Br)s1. The van der Waals surface area contributed by atoms with Crippen LogP contribution in [-0.4, -0.2) is 18.1 Å². The summed E-state index contributed by atoms with van der Waals surface area (Å²) < 4.78 is 25.9.